The Balaban J connectivity index is 2.20. The van der Waals surface area contributed by atoms with Gasteiger partial charge in [0.2, 0.25) is 0 Å². The van der Waals surface area contributed by atoms with Gasteiger partial charge in [0, 0.05) is 0 Å². The van der Waals surface area contributed by atoms with Crippen molar-refractivity contribution in [1.82, 2.24) is 0 Å². The molecule has 2 aliphatic heterocycles. The van der Waals surface area contributed by atoms with Crippen molar-refractivity contribution >= 4 is 11.8 Å². The van der Waals surface area contributed by atoms with E-state index in [2.05, 4.69) is 55.4 Å². The van der Waals surface area contributed by atoms with Crippen LogP contribution in [0.5, 0.6) is 0 Å². The summed E-state index contributed by atoms with van der Waals surface area (Å²) in [6.07, 6.45) is 0. The van der Waals surface area contributed by atoms with Crippen LogP contribution in [-0.2, 0) is 9.47 Å². The first-order valence-corrected chi connectivity index (χ1v) is 7.84. The van der Waals surface area contributed by atoms with Crippen LogP contribution in [0.1, 0.15) is 55.4 Å². The van der Waals surface area contributed by atoms with Crippen molar-refractivity contribution in [3.8, 4) is 0 Å². The number of hydrogen-bond acceptors (Lipinski definition) is 4. The number of ether oxygens (including phenoxy) is 2. The SMILES string of the molecule is CC(C)(C1=NC(C(C)(C)C)CO1)C1=N[C@@H](C(C)(C)C)CO1. The predicted molar refractivity (Wildman–Crippen MR) is 87.0 cm³/mol. The second-order valence-electron chi connectivity index (χ2n) is 8.88. The molecule has 0 fully saturated rings. The van der Waals surface area contributed by atoms with Crippen LogP contribution in [-0.4, -0.2) is 37.1 Å². The van der Waals surface area contributed by atoms with Crippen molar-refractivity contribution in [2.24, 2.45) is 26.2 Å². The molecule has 0 aromatic rings. The molecule has 4 nitrogen and oxygen atoms in total. The molecule has 4 heteroatoms. The van der Waals surface area contributed by atoms with Gasteiger partial charge in [-0.3, -0.25) is 0 Å². The molecular formula is C17H30N2O2. The Kier molecular flexibility index (Phi) is 3.88. The quantitative estimate of drug-likeness (QED) is 0.779. The summed E-state index contributed by atoms with van der Waals surface area (Å²) in [6, 6.07) is 0.402. The van der Waals surface area contributed by atoms with E-state index in [0.717, 1.165) is 11.8 Å². The highest BCUT2D eigenvalue weighted by molar-refractivity contribution is 6.05. The lowest BCUT2D eigenvalue weighted by Crippen LogP contribution is -2.34. The maximum Gasteiger partial charge on any atom is 0.199 e. The van der Waals surface area contributed by atoms with Crippen molar-refractivity contribution in [3.63, 3.8) is 0 Å². The van der Waals surface area contributed by atoms with E-state index in [1.54, 1.807) is 0 Å². The van der Waals surface area contributed by atoms with Gasteiger partial charge in [-0.25, -0.2) is 9.98 Å². The second-order valence-corrected chi connectivity index (χ2v) is 8.88. The molecule has 0 amide bonds. The van der Waals surface area contributed by atoms with Gasteiger partial charge in [-0.05, 0) is 24.7 Å². The van der Waals surface area contributed by atoms with E-state index in [4.69, 9.17) is 19.5 Å². The Morgan fingerprint density at radius 1 is 0.714 bits per heavy atom. The van der Waals surface area contributed by atoms with Gasteiger partial charge in [-0.15, -0.1) is 0 Å². The van der Waals surface area contributed by atoms with Crippen LogP contribution in [0.25, 0.3) is 0 Å². The van der Waals surface area contributed by atoms with Gasteiger partial charge < -0.3 is 9.47 Å². The molecule has 2 rings (SSSR count). The number of nitrogens with zero attached hydrogens (tertiary/aromatic N) is 2. The molecule has 2 aliphatic rings. The summed E-state index contributed by atoms with van der Waals surface area (Å²) in [6.45, 7) is 18.6. The molecule has 0 aromatic heterocycles. The Hall–Kier alpha value is -1.06. The molecule has 0 N–H and O–H groups in total. The van der Waals surface area contributed by atoms with Crippen molar-refractivity contribution in [3.05, 3.63) is 0 Å². The van der Waals surface area contributed by atoms with E-state index in [0.29, 0.717) is 13.2 Å². The van der Waals surface area contributed by atoms with Crippen molar-refractivity contribution in [1.29, 1.82) is 0 Å². The van der Waals surface area contributed by atoms with Gasteiger partial charge in [-0.2, -0.15) is 0 Å². The molecule has 120 valence electrons. The van der Waals surface area contributed by atoms with Crippen LogP contribution in [0.4, 0.5) is 0 Å². The summed E-state index contributed by atoms with van der Waals surface area (Å²) in [5, 5.41) is 0. The summed E-state index contributed by atoms with van der Waals surface area (Å²) in [4.78, 5) is 9.59. The van der Waals surface area contributed by atoms with Crippen molar-refractivity contribution in [2.45, 2.75) is 67.5 Å². The first-order chi connectivity index (χ1) is 9.42. The van der Waals surface area contributed by atoms with E-state index in [1.165, 1.54) is 0 Å². The fourth-order valence-corrected chi connectivity index (χ4v) is 2.41. The fraction of sp³-hybridized carbons (Fsp3) is 0.882. The molecule has 21 heavy (non-hydrogen) atoms. The normalized spacial score (nSPS) is 27.0. The average Bonchev–Trinajstić information content (AvgIpc) is 2.97. The molecular weight excluding hydrogens is 264 g/mol. The van der Waals surface area contributed by atoms with Gasteiger partial charge in [-0.1, -0.05) is 41.5 Å². The molecule has 0 saturated heterocycles. The smallest absolute Gasteiger partial charge is 0.199 e. The minimum atomic E-state index is -0.389. The monoisotopic (exact) mass is 294 g/mol. The Morgan fingerprint density at radius 3 is 1.29 bits per heavy atom. The molecule has 0 aliphatic carbocycles. The zero-order valence-electron chi connectivity index (χ0n) is 14.8. The summed E-state index contributed by atoms with van der Waals surface area (Å²) < 4.78 is 11.8. The van der Waals surface area contributed by atoms with E-state index >= 15 is 0 Å². The topological polar surface area (TPSA) is 43.2 Å². The number of aliphatic imine (C=N–C) groups is 2. The molecule has 1 unspecified atom stereocenters. The van der Waals surface area contributed by atoms with Gasteiger partial charge in [0.25, 0.3) is 0 Å². The third kappa shape index (κ3) is 3.24. The minimum Gasteiger partial charge on any atom is -0.478 e. The molecule has 0 spiro atoms. The second kappa shape index (κ2) is 4.99. The Labute approximate surface area is 129 Å². The summed E-state index contributed by atoms with van der Waals surface area (Å²) >= 11 is 0. The maximum atomic E-state index is 5.88. The van der Waals surface area contributed by atoms with Crippen LogP contribution in [0.3, 0.4) is 0 Å². The highest BCUT2D eigenvalue weighted by Crippen LogP contribution is 2.35. The third-order valence-electron chi connectivity index (χ3n) is 4.37. The molecule has 0 aromatic carbocycles. The fourth-order valence-electron chi connectivity index (χ4n) is 2.41. The highest BCUT2D eigenvalue weighted by atomic mass is 16.5. The van der Waals surface area contributed by atoms with Crippen LogP contribution in [0, 0.1) is 16.2 Å². The van der Waals surface area contributed by atoms with Gasteiger partial charge in [0.15, 0.2) is 11.8 Å². The Morgan fingerprint density at radius 2 is 1.05 bits per heavy atom. The summed E-state index contributed by atoms with van der Waals surface area (Å²) in [5.74, 6) is 1.52. The van der Waals surface area contributed by atoms with Crippen LogP contribution >= 0.6 is 0 Å². The van der Waals surface area contributed by atoms with E-state index < -0.39 is 0 Å². The standard InChI is InChI=1S/C17H30N2O2/c1-15(2,3)11-9-20-13(18-11)17(7,8)14-19-12(10-21-14)16(4,5)6/h11-12H,9-10H2,1-8H3/t11-,12?/m1/s1. The summed E-state index contributed by atoms with van der Waals surface area (Å²) in [5.41, 5.74) is -0.158. The zero-order chi connectivity index (χ0) is 16.1. The first-order valence-electron chi connectivity index (χ1n) is 7.84. The lowest BCUT2D eigenvalue weighted by atomic mass is 9.87. The third-order valence-corrected chi connectivity index (χ3v) is 4.37. The number of rotatable bonds is 2. The van der Waals surface area contributed by atoms with Crippen LogP contribution in [0.2, 0.25) is 0 Å². The molecule has 0 bridgehead atoms. The Bertz CT molecular complexity index is 422. The zero-order valence-corrected chi connectivity index (χ0v) is 14.8. The maximum absolute atomic E-state index is 5.88. The van der Waals surface area contributed by atoms with Crippen molar-refractivity contribution < 1.29 is 9.47 Å². The van der Waals surface area contributed by atoms with E-state index in [-0.39, 0.29) is 28.3 Å². The van der Waals surface area contributed by atoms with Crippen molar-refractivity contribution in [2.75, 3.05) is 13.2 Å². The molecule has 2 atom stereocenters. The lowest BCUT2D eigenvalue weighted by molar-refractivity contribution is 0.214. The summed E-state index contributed by atoms with van der Waals surface area (Å²) in [7, 11) is 0. The van der Waals surface area contributed by atoms with E-state index in [1.807, 2.05) is 0 Å². The largest absolute Gasteiger partial charge is 0.478 e. The molecule has 0 saturated carbocycles. The highest BCUT2D eigenvalue weighted by Gasteiger charge is 2.44. The first kappa shape index (κ1) is 16.3. The minimum absolute atomic E-state index is 0.115. The van der Waals surface area contributed by atoms with Gasteiger partial charge in [0.1, 0.15) is 18.6 Å². The molecule has 2 heterocycles. The predicted octanol–water partition coefficient (Wildman–Crippen LogP) is 3.70. The molecule has 0 radical (unpaired) electrons. The lowest BCUT2D eigenvalue weighted by Gasteiger charge is -2.23. The number of hydrogen-bond donors (Lipinski definition) is 0. The average molecular weight is 294 g/mol. The van der Waals surface area contributed by atoms with Gasteiger partial charge in [0.05, 0.1) is 12.1 Å². The van der Waals surface area contributed by atoms with Crippen LogP contribution in [0.15, 0.2) is 9.98 Å². The van der Waals surface area contributed by atoms with Crippen LogP contribution < -0.4 is 0 Å². The van der Waals surface area contributed by atoms with E-state index in [9.17, 15) is 0 Å². The van der Waals surface area contributed by atoms with Gasteiger partial charge >= 0.3 is 0 Å².